The number of imidazole rings is 1. The maximum Gasteiger partial charge on any atom is 0.410 e. The molecule has 12 nitrogen and oxygen atoms in total. The molecule has 40 heavy (non-hydrogen) atoms. The number of benzene rings is 1. The third-order valence-electron chi connectivity index (χ3n) is 6.98. The highest BCUT2D eigenvalue weighted by Crippen LogP contribution is 2.42. The van der Waals surface area contributed by atoms with E-state index in [9.17, 15) is 9.59 Å². The molecule has 4 heterocycles. The fraction of sp³-hybridized carbons (Fsp3) is 0.462. The summed E-state index contributed by atoms with van der Waals surface area (Å²) in [4.78, 5) is 41.8. The van der Waals surface area contributed by atoms with Gasteiger partial charge in [-0.2, -0.15) is 5.10 Å². The van der Waals surface area contributed by atoms with Crippen LogP contribution >= 0.6 is 11.6 Å². The smallest absolute Gasteiger partial charge is 0.410 e. The third-order valence-corrected chi connectivity index (χ3v) is 7.29. The van der Waals surface area contributed by atoms with E-state index in [-0.39, 0.29) is 21.8 Å². The van der Waals surface area contributed by atoms with Gasteiger partial charge in [0.1, 0.15) is 23.3 Å². The van der Waals surface area contributed by atoms with Crippen molar-refractivity contribution in [1.82, 2.24) is 34.1 Å². The van der Waals surface area contributed by atoms with Crippen molar-refractivity contribution < 1.29 is 13.9 Å². The minimum absolute atomic E-state index is 0.00668. The van der Waals surface area contributed by atoms with E-state index in [2.05, 4.69) is 20.4 Å². The highest BCUT2D eigenvalue weighted by molar-refractivity contribution is 6.35. The van der Waals surface area contributed by atoms with Crippen LogP contribution in [0.15, 0.2) is 35.6 Å². The molecule has 14 heteroatoms. The van der Waals surface area contributed by atoms with Crippen LogP contribution in [0.5, 0.6) is 0 Å². The van der Waals surface area contributed by atoms with Gasteiger partial charge in [-0.3, -0.25) is 4.79 Å². The molecule has 1 aliphatic carbocycles. The summed E-state index contributed by atoms with van der Waals surface area (Å²) in [5.41, 5.74) is -0.664. The summed E-state index contributed by atoms with van der Waals surface area (Å²) in [6, 6.07) is 2.09. The summed E-state index contributed by atoms with van der Waals surface area (Å²) in [6.45, 7) is 6.78. The fourth-order valence-electron chi connectivity index (χ4n) is 4.93. The van der Waals surface area contributed by atoms with E-state index in [1.165, 1.54) is 23.1 Å². The standard InChI is InChI=1S/C26H29ClFN9O3/c1-26(2,3)40-25(39)34-10-12-35(13-11-34)37-22(33-20-17(28)7-6-16(27)18(20)24(37)38)19(15-4-5-15)32-21-23-29-8-9-36(23)31-14-30-21/h6-9,14-15,19H,4-5,10-13H2,1-3H3,(H,30,31,32)/t19-/m0/s1. The predicted molar refractivity (Wildman–Crippen MR) is 147 cm³/mol. The van der Waals surface area contributed by atoms with E-state index >= 15 is 4.39 Å². The third kappa shape index (κ3) is 4.89. The molecule has 2 aliphatic rings. The van der Waals surface area contributed by atoms with Gasteiger partial charge in [0.25, 0.3) is 5.56 Å². The average Bonchev–Trinajstić information content (AvgIpc) is 3.63. The molecule has 6 rings (SSSR count). The van der Waals surface area contributed by atoms with Crippen LogP contribution in [0, 0.1) is 11.7 Å². The predicted octanol–water partition coefficient (Wildman–Crippen LogP) is 3.38. The molecule has 1 N–H and O–H groups in total. The van der Waals surface area contributed by atoms with Gasteiger partial charge >= 0.3 is 6.09 Å². The molecule has 0 radical (unpaired) electrons. The number of aromatic nitrogens is 6. The van der Waals surface area contributed by atoms with Crippen LogP contribution in [0.25, 0.3) is 16.6 Å². The number of anilines is 1. The van der Waals surface area contributed by atoms with Crippen molar-refractivity contribution in [3.05, 3.63) is 57.9 Å². The summed E-state index contributed by atoms with van der Waals surface area (Å²) in [5.74, 6) is 0.312. The minimum Gasteiger partial charge on any atom is -0.444 e. The molecule has 3 aromatic heterocycles. The molecular formula is C26H29ClFN9O3. The van der Waals surface area contributed by atoms with Crippen LogP contribution in [-0.4, -0.2) is 72.0 Å². The first-order valence-electron chi connectivity index (χ1n) is 13.2. The molecule has 0 unspecified atom stereocenters. The minimum atomic E-state index is -0.633. The number of nitrogens with one attached hydrogen (secondary N) is 1. The van der Waals surface area contributed by atoms with Gasteiger partial charge in [-0.15, -0.1) is 0 Å². The van der Waals surface area contributed by atoms with Crippen molar-refractivity contribution in [3.8, 4) is 0 Å². The zero-order chi connectivity index (χ0) is 28.2. The number of amides is 1. The Morgan fingerprint density at radius 2 is 1.93 bits per heavy atom. The second-order valence-electron chi connectivity index (χ2n) is 11.0. The number of carbonyl (C=O) groups excluding carboxylic acids is 1. The molecule has 1 saturated heterocycles. The van der Waals surface area contributed by atoms with Gasteiger partial charge in [-0.25, -0.2) is 33.3 Å². The van der Waals surface area contributed by atoms with Crippen LogP contribution in [0.1, 0.15) is 45.5 Å². The van der Waals surface area contributed by atoms with Crippen LogP contribution in [0.4, 0.5) is 15.0 Å². The van der Waals surface area contributed by atoms with Crippen molar-refractivity contribution in [3.63, 3.8) is 0 Å². The number of rotatable bonds is 5. The second-order valence-corrected chi connectivity index (χ2v) is 11.4. The fourth-order valence-corrected chi connectivity index (χ4v) is 5.17. The SMILES string of the molecule is CC(C)(C)OC(=O)N1CCN(n2c([C@@H](Nc3ncnn4ccnc34)C3CC3)nc3c(F)ccc(Cl)c3c2=O)CC1. The lowest BCUT2D eigenvalue weighted by Gasteiger charge is -2.38. The lowest BCUT2D eigenvalue weighted by Crippen LogP contribution is -2.57. The Morgan fingerprint density at radius 3 is 2.62 bits per heavy atom. The van der Waals surface area contributed by atoms with Crippen molar-refractivity contribution in [2.45, 2.75) is 45.3 Å². The maximum absolute atomic E-state index is 15.1. The molecule has 4 aromatic rings. The lowest BCUT2D eigenvalue weighted by molar-refractivity contribution is 0.0231. The Labute approximate surface area is 233 Å². The number of nitrogens with zero attached hydrogens (tertiary/aromatic N) is 8. The Balaban J connectivity index is 1.42. The highest BCUT2D eigenvalue weighted by atomic mass is 35.5. The summed E-state index contributed by atoms with van der Waals surface area (Å²) in [7, 11) is 0. The monoisotopic (exact) mass is 569 g/mol. The van der Waals surface area contributed by atoms with E-state index < -0.39 is 29.1 Å². The number of halogens is 2. The Hall–Kier alpha value is -4.00. The number of fused-ring (bicyclic) bond motifs is 2. The van der Waals surface area contributed by atoms with Gasteiger partial charge in [0.15, 0.2) is 17.3 Å². The second kappa shape index (κ2) is 9.88. The molecule has 1 aromatic carbocycles. The van der Waals surface area contributed by atoms with E-state index in [4.69, 9.17) is 21.3 Å². The summed E-state index contributed by atoms with van der Waals surface area (Å²) in [5, 5.41) is 9.54. The molecule has 210 valence electrons. The van der Waals surface area contributed by atoms with Gasteiger partial charge in [-0.05, 0) is 51.7 Å². The topological polar surface area (TPSA) is 123 Å². The van der Waals surface area contributed by atoms with Gasteiger partial charge in [-0.1, -0.05) is 11.6 Å². The van der Waals surface area contributed by atoms with Crippen LogP contribution in [-0.2, 0) is 4.74 Å². The van der Waals surface area contributed by atoms with Crippen LogP contribution in [0.2, 0.25) is 5.02 Å². The summed E-state index contributed by atoms with van der Waals surface area (Å²) in [6.07, 6.45) is 6.12. The van der Waals surface area contributed by atoms with E-state index in [0.717, 1.165) is 12.8 Å². The number of hydrogen-bond acceptors (Lipinski definition) is 9. The Kier molecular flexibility index (Phi) is 6.48. The first-order chi connectivity index (χ1) is 19.1. The molecule has 1 aliphatic heterocycles. The van der Waals surface area contributed by atoms with Crippen LogP contribution < -0.4 is 15.9 Å². The summed E-state index contributed by atoms with van der Waals surface area (Å²) < 4.78 is 23.7. The zero-order valence-corrected chi connectivity index (χ0v) is 23.1. The number of hydrogen-bond donors (Lipinski definition) is 1. The van der Waals surface area contributed by atoms with Crippen LogP contribution in [0.3, 0.4) is 0 Å². The lowest BCUT2D eigenvalue weighted by atomic mass is 10.1. The van der Waals surface area contributed by atoms with E-state index in [1.807, 2.05) is 25.8 Å². The molecule has 1 amide bonds. The normalized spacial score (nSPS) is 16.9. The maximum atomic E-state index is 15.1. The largest absolute Gasteiger partial charge is 0.444 e. The first kappa shape index (κ1) is 26.2. The first-order valence-corrected chi connectivity index (χ1v) is 13.5. The molecular weight excluding hydrogens is 541 g/mol. The van der Waals surface area contributed by atoms with Gasteiger partial charge in [0.05, 0.1) is 29.5 Å². The molecule has 1 saturated carbocycles. The molecule has 2 fully saturated rings. The van der Waals surface area contributed by atoms with Crippen molar-refractivity contribution in [2.75, 3.05) is 36.5 Å². The highest BCUT2D eigenvalue weighted by Gasteiger charge is 2.38. The van der Waals surface area contributed by atoms with Crippen molar-refractivity contribution >= 4 is 40.1 Å². The van der Waals surface area contributed by atoms with Crippen molar-refractivity contribution in [1.29, 1.82) is 0 Å². The van der Waals surface area contributed by atoms with Gasteiger partial charge in [0, 0.05) is 25.5 Å². The number of ether oxygens (including phenoxy) is 1. The van der Waals surface area contributed by atoms with E-state index in [0.29, 0.717) is 43.5 Å². The Bertz CT molecular complexity index is 1660. The van der Waals surface area contributed by atoms with Gasteiger partial charge < -0.3 is 20.0 Å². The Morgan fingerprint density at radius 1 is 1.18 bits per heavy atom. The average molecular weight is 570 g/mol. The molecule has 0 bridgehead atoms. The van der Waals surface area contributed by atoms with Gasteiger partial charge in [0.2, 0.25) is 0 Å². The molecule has 1 atom stereocenters. The number of carbonyl (C=O) groups is 1. The quantitative estimate of drug-likeness (QED) is 0.385. The van der Waals surface area contributed by atoms with Crippen molar-refractivity contribution in [2.24, 2.45) is 5.92 Å². The molecule has 0 spiro atoms. The number of piperazine rings is 1. The van der Waals surface area contributed by atoms with E-state index in [1.54, 1.807) is 21.8 Å². The zero-order valence-electron chi connectivity index (χ0n) is 22.3. The summed E-state index contributed by atoms with van der Waals surface area (Å²) >= 11 is 6.41.